The van der Waals surface area contributed by atoms with E-state index in [0.29, 0.717) is 5.58 Å². The van der Waals surface area contributed by atoms with Crippen molar-refractivity contribution in [1.29, 1.82) is 0 Å². The van der Waals surface area contributed by atoms with Crippen LogP contribution in [0.3, 0.4) is 0 Å². The van der Waals surface area contributed by atoms with Crippen LogP contribution in [0, 0.1) is 0 Å². The van der Waals surface area contributed by atoms with Crippen LogP contribution < -0.4 is 5.63 Å². The quantitative estimate of drug-likeness (QED) is 0.639. The Morgan fingerprint density at radius 1 is 1.15 bits per heavy atom. The fourth-order valence-electron chi connectivity index (χ4n) is 2.65. The zero-order valence-corrected chi connectivity index (χ0v) is 11.4. The molecule has 20 heavy (non-hydrogen) atoms. The van der Waals surface area contributed by atoms with Crippen LogP contribution in [0.1, 0.15) is 16.4 Å². The number of hydrogen-bond acceptors (Lipinski definition) is 4. The molecule has 1 atom stereocenters. The van der Waals surface area contributed by atoms with Gasteiger partial charge in [-0.15, -0.1) is 11.8 Å². The minimum Gasteiger partial charge on any atom is -0.422 e. The Morgan fingerprint density at radius 3 is 2.80 bits per heavy atom. The highest BCUT2D eigenvalue weighted by atomic mass is 32.2. The third-order valence-corrected chi connectivity index (χ3v) is 4.97. The lowest BCUT2D eigenvalue weighted by Crippen LogP contribution is -2.02. The summed E-state index contributed by atoms with van der Waals surface area (Å²) in [6.07, 6.45) is 4.44. The number of pyridine rings is 1. The number of para-hydroxylation sites is 1. The predicted octanol–water partition coefficient (Wildman–Crippen LogP) is 3.58. The smallest absolute Gasteiger partial charge is 0.350 e. The van der Waals surface area contributed by atoms with Gasteiger partial charge in [0.25, 0.3) is 0 Å². The van der Waals surface area contributed by atoms with Gasteiger partial charge in [-0.25, -0.2) is 4.79 Å². The second-order valence-electron chi connectivity index (χ2n) is 4.78. The Hall–Kier alpha value is -2.07. The summed E-state index contributed by atoms with van der Waals surface area (Å²) in [4.78, 5) is 16.9. The third kappa shape index (κ3) is 1.76. The van der Waals surface area contributed by atoms with Gasteiger partial charge in [0.2, 0.25) is 0 Å². The first-order valence-corrected chi connectivity index (χ1v) is 7.32. The van der Waals surface area contributed by atoms with Crippen LogP contribution in [-0.2, 0) is 6.42 Å². The molecule has 0 spiro atoms. The van der Waals surface area contributed by atoms with Crippen LogP contribution in [0.25, 0.3) is 11.0 Å². The van der Waals surface area contributed by atoms with Crippen LogP contribution in [0.4, 0.5) is 0 Å². The summed E-state index contributed by atoms with van der Waals surface area (Å²) in [6, 6.07) is 11.8. The zero-order chi connectivity index (χ0) is 13.5. The second kappa shape index (κ2) is 4.49. The summed E-state index contributed by atoms with van der Waals surface area (Å²) < 4.78 is 5.40. The van der Waals surface area contributed by atoms with E-state index < -0.39 is 0 Å². The van der Waals surface area contributed by atoms with Crippen LogP contribution in [0.2, 0.25) is 0 Å². The molecule has 3 nitrogen and oxygen atoms in total. The molecular weight excluding hydrogens is 270 g/mol. The van der Waals surface area contributed by atoms with Gasteiger partial charge >= 0.3 is 5.63 Å². The molecule has 0 bridgehead atoms. The fraction of sp³-hybridized carbons (Fsp3) is 0.125. The van der Waals surface area contributed by atoms with Crippen molar-refractivity contribution in [2.75, 3.05) is 0 Å². The van der Waals surface area contributed by atoms with Gasteiger partial charge in [-0.1, -0.05) is 18.2 Å². The molecule has 1 aliphatic rings. The van der Waals surface area contributed by atoms with Gasteiger partial charge in [0.1, 0.15) is 5.58 Å². The second-order valence-corrected chi connectivity index (χ2v) is 6.00. The highest BCUT2D eigenvalue weighted by Crippen LogP contribution is 2.46. The van der Waals surface area contributed by atoms with Crippen molar-refractivity contribution in [3.63, 3.8) is 0 Å². The van der Waals surface area contributed by atoms with Crippen LogP contribution in [0.5, 0.6) is 0 Å². The lowest BCUT2D eigenvalue weighted by molar-refractivity contribution is 0.542. The molecule has 0 unspecified atom stereocenters. The summed E-state index contributed by atoms with van der Waals surface area (Å²) in [7, 11) is 0. The predicted molar refractivity (Wildman–Crippen MR) is 79.0 cm³/mol. The van der Waals surface area contributed by atoms with E-state index in [1.165, 1.54) is 5.56 Å². The Morgan fingerprint density at radius 2 is 1.95 bits per heavy atom. The van der Waals surface area contributed by atoms with E-state index in [1.54, 1.807) is 24.2 Å². The maximum Gasteiger partial charge on any atom is 0.350 e. The first-order valence-electron chi connectivity index (χ1n) is 6.44. The number of aromatic nitrogens is 1. The molecule has 2 aromatic heterocycles. The lowest BCUT2D eigenvalue weighted by atomic mass is 10.0. The minimum absolute atomic E-state index is 0.222. The molecule has 3 heterocycles. The van der Waals surface area contributed by atoms with Gasteiger partial charge < -0.3 is 4.42 Å². The molecule has 0 N–H and O–H groups in total. The molecular formula is C16H11NO2S. The summed E-state index contributed by atoms with van der Waals surface area (Å²) in [6.45, 7) is 0. The van der Waals surface area contributed by atoms with Gasteiger partial charge in [-0.2, -0.15) is 0 Å². The van der Waals surface area contributed by atoms with Gasteiger partial charge in [-0.3, -0.25) is 4.98 Å². The van der Waals surface area contributed by atoms with E-state index in [4.69, 9.17) is 4.42 Å². The average Bonchev–Trinajstić information content (AvgIpc) is 2.94. The third-order valence-electron chi connectivity index (χ3n) is 3.60. The highest BCUT2D eigenvalue weighted by molar-refractivity contribution is 7.99. The number of fused-ring (bicyclic) bond motifs is 3. The monoisotopic (exact) mass is 281 g/mol. The number of hydrogen-bond donors (Lipinski definition) is 0. The molecule has 1 aliphatic heterocycles. The standard InChI is InChI=1S/C16H11NO2S/c18-16-15-12(11-3-1-2-4-13(11)19-16)9-14(20-15)10-5-7-17-8-6-10/h1-8,14H,9H2/t14-/m1/s1. The van der Waals surface area contributed by atoms with Crippen molar-refractivity contribution in [3.8, 4) is 0 Å². The number of rotatable bonds is 1. The van der Waals surface area contributed by atoms with Crippen molar-refractivity contribution in [2.24, 2.45) is 0 Å². The number of benzene rings is 1. The Balaban J connectivity index is 1.87. The molecule has 98 valence electrons. The van der Waals surface area contributed by atoms with Gasteiger partial charge in [0.05, 0.1) is 4.90 Å². The Kier molecular flexibility index (Phi) is 2.63. The van der Waals surface area contributed by atoms with E-state index in [1.807, 2.05) is 36.4 Å². The van der Waals surface area contributed by atoms with Crippen molar-refractivity contribution in [1.82, 2.24) is 4.98 Å². The van der Waals surface area contributed by atoms with Crippen LogP contribution >= 0.6 is 11.8 Å². The number of thioether (sulfide) groups is 1. The van der Waals surface area contributed by atoms with Crippen LogP contribution in [0.15, 0.2) is 62.9 Å². The van der Waals surface area contributed by atoms with E-state index in [0.717, 1.165) is 22.3 Å². The van der Waals surface area contributed by atoms with Crippen molar-refractivity contribution in [2.45, 2.75) is 16.6 Å². The SMILES string of the molecule is O=c1oc2ccccc2c2c1S[C@@H](c1ccncc1)C2. The highest BCUT2D eigenvalue weighted by Gasteiger charge is 2.28. The van der Waals surface area contributed by atoms with Crippen molar-refractivity contribution < 1.29 is 4.42 Å². The zero-order valence-electron chi connectivity index (χ0n) is 10.6. The van der Waals surface area contributed by atoms with Crippen LogP contribution in [-0.4, -0.2) is 4.98 Å². The van der Waals surface area contributed by atoms with Gasteiger partial charge in [0.15, 0.2) is 0 Å². The molecule has 1 aromatic carbocycles. The summed E-state index contributed by atoms with van der Waals surface area (Å²) in [5.74, 6) is 0. The Labute approximate surface area is 119 Å². The van der Waals surface area contributed by atoms with E-state index >= 15 is 0 Å². The summed E-state index contributed by atoms with van der Waals surface area (Å²) in [5, 5.41) is 1.31. The topological polar surface area (TPSA) is 43.1 Å². The molecule has 4 heteroatoms. The molecule has 3 aromatic rings. The summed E-state index contributed by atoms with van der Waals surface area (Å²) >= 11 is 1.60. The molecule has 0 fully saturated rings. The molecule has 0 radical (unpaired) electrons. The molecule has 0 aliphatic carbocycles. The largest absolute Gasteiger partial charge is 0.422 e. The molecule has 0 amide bonds. The lowest BCUT2D eigenvalue weighted by Gasteiger charge is -2.07. The van der Waals surface area contributed by atoms with Gasteiger partial charge in [0, 0.05) is 23.0 Å². The van der Waals surface area contributed by atoms with Crippen molar-refractivity contribution in [3.05, 3.63) is 70.3 Å². The van der Waals surface area contributed by atoms with E-state index in [-0.39, 0.29) is 10.9 Å². The number of nitrogens with zero attached hydrogens (tertiary/aromatic N) is 1. The van der Waals surface area contributed by atoms with E-state index in [9.17, 15) is 4.79 Å². The Bertz CT molecular complexity index is 842. The first kappa shape index (κ1) is 11.7. The maximum atomic E-state index is 12.1. The fourth-order valence-corrected chi connectivity index (χ4v) is 3.95. The van der Waals surface area contributed by atoms with Gasteiger partial charge in [-0.05, 0) is 35.7 Å². The van der Waals surface area contributed by atoms with E-state index in [2.05, 4.69) is 4.98 Å². The first-order chi connectivity index (χ1) is 9.83. The average molecular weight is 281 g/mol. The molecule has 4 rings (SSSR count). The summed E-state index contributed by atoms with van der Waals surface area (Å²) in [5.41, 5.74) is 2.76. The van der Waals surface area contributed by atoms with Crippen molar-refractivity contribution >= 4 is 22.7 Å². The molecule has 0 saturated heterocycles. The minimum atomic E-state index is -0.222. The normalized spacial score (nSPS) is 17.3. The molecule has 0 saturated carbocycles. The maximum absolute atomic E-state index is 12.1.